The van der Waals surface area contributed by atoms with Crippen molar-refractivity contribution in [1.82, 2.24) is 4.98 Å². The van der Waals surface area contributed by atoms with Crippen molar-refractivity contribution in [2.24, 2.45) is 0 Å². The summed E-state index contributed by atoms with van der Waals surface area (Å²) in [6.45, 7) is 1.21. The minimum Gasteiger partial charge on any atom is -0.497 e. The molecular formula is C18H14F2N2O3. The zero-order valence-corrected chi connectivity index (χ0v) is 13.4. The van der Waals surface area contributed by atoms with Gasteiger partial charge in [0, 0.05) is 11.8 Å². The van der Waals surface area contributed by atoms with Gasteiger partial charge in [0.2, 0.25) is 5.43 Å². The summed E-state index contributed by atoms with van der Waals surface area (Å²) in [5.41, 5.74) is -0.558. The zero-order valence-electron chi connectivity index (χ0n) is 13.4. The Bertz CT molecular complexity index is 1030. The maximum Gasteiger partial charge on any atom is 0.202 e. The smallest absolute Gasteiger partial charge is 0.202 e. The molecule has 2 N–H and O–H groups in total. The molecular weight excluding hydrogens is 330 g/mol. The predicted octanol–water partition coefficient (Wildman–Crippen LogP) is 3.76. The molecule has 5 nitrogen and oxygen atoms in total. The largest absolute Gasteiger partial charge is 0.497 e. The van der Waals surface area contributed by atoms with Crippen molar-refractivity contribution < 1.29 is 18.3 Å². The van der Waals surface area contributed by atoms with Crippen LogP contribution in [0.2, 0.25) is 0 Å². The Balaban J connectivity index is 2.20. The molecule has 0 fully saturated rings. The van der Waals surface area contributed by atoms with Crippen LogP contribution in [0.1, 0.15) is 17.3 Å². The van der Waals surface area contributed by atoms with Crippen LogP contribution in [0.25, 0.3) is 10.9 Å². The second-order valence-corrected chi connectivity index (χ2v) is 5.42. The van der Waals surface area contributed by atoms with Crippen LogP contribution in [0, 0.1) is 11.6 Å². The fraction of sp³-hybridized carbons (Fsp3) is 0.111. The molecule has 0 atom stereocenters. The molecule has 0 amide bonds. The van der Waals surface area contributed by atoms with Gasteiger partial charge in [-0.3, -0.25) is 9.59 Å². The van der Waals surface area contributed by atoms with Crippen molar-refractivity contribution in [3.63, 3.8) is 0 Å². The molecule has 0 saturated heterocycles. The van der Waals surface area contributed by atoms with E-state index < -0.39 is 22.8 Å². The minimum atomic E-state index is -0.917. The maximum atomic E-state index is 14.0. The highest BCUT2D eigenvalue weighted by Gasteiger charge is 2.19. The molecule has 0 saturated carbocycles. The van der Waals surface area contributed by atoms with Gasteiger partial charge < -0.3 is 15.0 Å². The van der Waals surface area contributed by atoms with Crippen LogP contribution in [-0.4, -0.2) is 17.9 Å². The molecule has 0 radical (unpaired) electrons. The third-order valence-electron chi connectivity index (χ3n) is 3.74. The molecule has 3 aromatic rings. The van der Waals surface area contributed by atoms with Crippen LogP contribution in [-0.2, 0) is 0 Å². The number of aromatic amines is 1. The number of aromatic nitrogens is 1. The first kappa shape index (κ1) is 16.6. The van der Waals surface area contributed by atoms with E-state index in [-0.39, 0.29) is 22.3 Å². The van der Waals surface area contributed by atoms with Crippen molar-refractivity contribution in [2.75, 3.05) is 12.4 Å². The number of fused-ring (bicyclic) bond motifs is 1. The summed E-state index contributed by atoms with van der Waals surface area (Å²) in [5.74, 6) is -1.66. The first-order valence-corrected chi connectivity index (χ1v) is 7.37. The number of pyridine rings is 1. The van der Waals surface area contributed by atoms with Gasteiger partial charge >= 0.3 is 0 Å². The highest BCUT2D eigenvalue weighted by Crippen LogP contribution is 2.24. The molecule has 25 heavy (non-hydrogen) atoms. The van der Waals surface area contributed by atoms with Crippen LogP contribution in [0.15, 0.2) is 41.2 Å². The number of hydrogen-bond donors (Lipinski definition) is 2. The number of benzene rings is 2. The van der Waals surface area contributed by atoms with E-state index in [9.17, 15) is 18.4 Å². The second-order valence-electron chi connectivity index (χ2n) is 5.42. The Morgan fingerprint density at radius 3 is 2.44 bits per heavy atom. The molecule has 0 aliphatic carbocycles. The molecule has 3 rings (SSSR count). The molecule has 1 aromatic heterocycles. The number of carbonyl (C=O) groups is 1. The third-order valence-corrected chi connectivity index (χ3v) is 3.74. The number of nitrogens with one attached hydrogen (secondary N) is 2. The van der Waals surface area contributed by atoms with Gasteiger partial charge in [-0.05, 0) is 37.3 Å². The summed E-state index contributed by atoms with van der Waals surface area (Å²) in [6.07, 6.45) is 0. The zero-order chi connectivity index (χ0) is 18.1. The minimum absolute atomic E-state index is 0.0423. The number of Topliss-reactive ketones (excluding diaryl/α,β-unsaturated/α-hetero) is 1. The van der Waals surface area contributed by atoms with E-state index in [1.165, 1.54) is 14.0 Å². The SMILES string of the molecule is COc1ccc(Nc2[nH]c3c(F)cc(F)cc3c(=O)c2C(C)=O)cc1. The molecule has 128 valence electrons. The highest BCUT2D eigenvalue weighted by molar-refractivity contribution is 6.02. The van der Waals surface area contributed by atoms with E-state index >= 15 is 0 Å². The molecule has 0 aliphatic rings. The molecule has 0 aliphatic heterocycles. The number of halogens is 2. The van der Waals surface area contributed by atoms with E-state index in [4.69, 9.17) is 4.74 Å². The summed E-state index contributed by atoms with van der Waals surface area (Å²) < 4.78 is 32.5. The van der Waals surface area contributed by atoms with Crippen molar-refractivity contribution in [3.8, 4) is 5.75 Å². The Morgan fingerprint density at radius 2 is 1.84 bits per heavy atom. The van der Waals surface area contributed by atoms with Gasteiger partial charge in [-0.2, -0.15) is 0 Å². The molecule has 0 spiro atoms. The van der Waals surface area contributed by atoms with Crippen molar-refractivity contribution in [3.05, 3.63) is 63.8 Å². The maximum absolute atomic E-state index is 14.0. The number of methoxy groups -OCH3 is 1. The summed E-state index contributed by atoms with van der Waals surface area (Å²) in [5, 5.41) is 2.67. The normalized spacial score (nSPS) is 10.7. The van der Waals surface area contributed by atoms with E-state index in [1.54, 1.807) is 24.3 Å². The Hall–Kier alpha value is -3.22. The van der Waals surface area contributed by atoms with Crippen molar-refractivity contribution >= 4 is 28.2 Å². The van der Waals surface area contributed by atoms with Gasteiger partial charge in [-0.25, -0.2) is 8.78 Å². The summed E-state index contributed by atoms with van der Waals surface area (Å²) in [6, 6.07) is 8.29. The number of H-pyrrole nitrogens is 1. The van der Waals surface area contributed by atoms with E-state index in [1.807, 2.05) is 0 Å². The second kappa shape index (κ2) is 6.35. The van der Waals surface area contributed by atoms with Crippen LogP contribution < -0.4 is 15.5 Å². The standard InChI is InChI=1S/C18H14F2N2O3/c1-9(23)15-17(24)13-7-10(19)8-14(20)16(13)22-18(15)21-11-3-5-12(25-2)6-4-11/h3-8H,1-2H3,(H2,21,22,24). The Morgan fingerprint density at radius 1 is 1.16 bits per heavy atom. The van der Waals surface area contributed by atoms with Crippen LogP contribution in [0.5, 0.6) is 5.75 Å². The average Bonchev–Trinajstić information content (AvgIpc) is 2.56. The summed E-state index contributed by atoms with van der Waals surface area (Å²) >= 11 is 0. The molecule has 0 unspecified atom stereocenters. The highest BCUT2D eigenvalue weighted by atomic mass is 19.1. The van der Waals surface area contributed by atoms with Gasteiger partial charge in [0.15, 0.2) is 5.78 Å². The molecule has 7 heteroatoms. The van der Waals surface area contributed by atoms with Crippen molar-refractivity contribution in [2.45, 2.75) is 6.92 Å². The Kier molecular flexibility index (Phi) is 4.22. The first-order valence-electron chi connectivity index (χ1n) is 7.37. The fourth-order valence-electron chi connectivity index (χ4n) is 2.56. The monoisotopic (exact) mass is 344 g/mol. The lowest BCUT2D eigenvalue weighted by Gasteiger charge is -2.13. The number of carbonyl (C=O) groups excluding carboxylic acids is 1. The van der Waals surface area contributed by atoms with Crippen LogP contribution in [0.3, 0.4) is 0 Å². The van der Waals surface area contributed by atoms with Gasteiger partial charge in [0.1, 0.15) is 28.8 Å². The van der Waals surface area contributed by atoms with E-state index in [0.29, 0.717) is 17.5 Å². The topological polar surface area (TPSA) is 71.2 Å². The quantitative estimate of drug-likeness (QED) is 0.707. The fourth-order valence-corrected chi connectivity index (χ4v) is 2.56. The van der Waals surface area contributed by atoms with Gasteiger partial charge in [-0.15, -0.1) is 0 Å². The van der Waals surface area contributed by atoms with Crippen LogP contribution in [0.4, 0.5) is 20.3 Å². The van der Waals surface area contributed by atoms with E-state index in [0.717, 1.165) is 6.07 Å². The number of ether oxygens (including phenoxy) is 1. The van der Waals surface area contributed by atoms with Crippen LogP contribution >= 0.6 is 0 Å². The third kappa shape index (κ3) is 3.08. The van der Waals surface area contributed by atoms with Gasteiger partial charge in [0.25, 0.3) is 0 Å². The first-order chi connectivity index (χ1) is 11.9. The molecule has 1 heterocycles. The predicted molar refractivity (Wildman–Crippen MR) is 90.8 cm³/mol. The number of rotatable bonds is 4. The molecule has 0 bridgehead atoms. The lowest BCUT2D eigenvalue weighted by atomic mass is 10.1. The van der Waals surface area contributed by atoms with E-state index in [2.05, 4.69) is 10.3 Å². The number of anilines is 2. The van der Waals surface area contributed by atoms with Gasteiger partial charge in [0.05, 0.1) is 18.0 Å². The average molecular weight is 344 g/mol. The number of ketones is 1. The number of hydrogen-bond acceptors (Lipinski definition) is 4. The Labute approximate surface area is 141 Å². The van der Waals surface area contributed by atoms with Gasteiger partial charge in [-0.1, -0.05) is 0 Å². The summed E-state index contributed by atoms with van der Waals surface area (Å²) in [7, 11) is 1.53. The molecule has 2 aromatic carbocycles. The lowest BCUT2D eigenvalue weighted by Crippen LogP contribution is -2.18. The summed E-state index contributed by atoms with van der Waals surface area (Å²) in [4.78, 5) is 27.2. The van der Waals surface area contributed by atoms with Crippen molar-refractivity contribution in [1.29, 1.82) is 0 Å². The lowest BCUT2D eigenvalue weighted by molar-refractivity contribution is 0.101.